The lowest BCUT2D eigenvalue weighted by atomic mass is 9.89. The molecule has 0 unspecified atom stereocenters. The molecule has 2 aromatic carbocycles. The van der Waals surface area contributed by atoms with Crippen molar-refractivity contribution in [3.63, 3.8) is 0 Å². The number of hydrogen-bond donors (Lipinski definition) is 0. The molecular formula is C26H23N5O2. The van der Waals surface area contributed by atoms with Gasteiger partial charge in [0.05, 0.1) is 10.9 Å². The number of ether oxygens (including phenoxy) is 1. The lowest BCUT2D eigenvalue weighted by Gasteiger charge is -2.17. The smallest absolute Gasteiger partial charge is 0.266 e. The van der Waals surface area contributed by atoms with Crippen molar-refractivity contribution in [1.29, 1.82) is 0 Å². The lowest BCUT2D eigenvalue weighted by molar-refractivity contribution is 0.429. The SMILES string of the molecule is O=c1c2cnc3nc(C4CCCCC4)nn3c2ccn1-c1ccc(Oc2ccccc2)cc1. The van der Waals surface area contributed by atoms with Crippen LogP contribution in [-0.2, 0) is 0 Å². The van der Waals surface area contributed by atoms with E-state index >= 15 is 0 Å². The van der Waals surface area contributed by atoms with Gasteiger partial charge in [-0.2, -0.15) is 9.50 Å². The molecule has 0 radical (unpaired) electrons. The van der Waals surface area contributed by atoms with Crippen molar-refractivity contribution in [1.82, 2.24) is 24.1 Å². The standard InChI is InChI=1S/C26H23N5O2/c32-25-22-17-27-26-28-24(18-7-3-1-4-8-18)29-31(26)23(22)15-16-30(25)19-11-13-21(14-12-19)33-20-9-5-2-6-10-20/h2,5-6,9-18H,1,3-4,7-8H2. The third kappa shape index (κ3) is 3.65. The highest BCUT2D eigenvalue weighted by Gasteiger charge is 2.21. The second-order valence-corrected chi connectivity index (χ2v) is 8.47. The largest absolute Gasteiger partial charge is 0.457 e. The van der Waals surface area contributed by atoms with Crippen LogP contribution in [0.4, 0.5) is 0 Å². The zero-order valence-corrected chi connectivity index (χ0v) is 18.1. The van der Waals surface area contributed by atoms with Gasteiger partial charge in [0.25, 0.3) is 11.3 Å². The predicted octanol–water partition coefficient (Wildman–Crippen LogP) is 5.27. The minimum absolute atomic E-state index is 0.145. The van der Waals surface area contributed by atoms with E-state index in [0.717, 1.165) is 35.6 Å². The molecular weight excluding hydrogens is 414 g/mol. The number of para-hydroxylation sites is 1. The summed E-state index contributed by atoms with van der Waals surface area (Å²) in [7, 11) is 0. The van der Waals surface area contributed by atoms with Crippen molar-refractivity contribution in [3.05, 3.63) is 89.2 Å². The quantitative estimate of drug-likeness (QED) is 0.383. The second kappa shape index (κ2) is 8.16. The van der Waals surface area contributed by atoms with Gasteiger partial charge in [-0.25, -0.2) is 4.98 Å². The molecule has 1 aliphatic rings. The molecule has 0 amide bonds. The summed E-state index contributed by atoms with van der Waals surface area (Å²) in [5, 5.41) is 5.25. The summed E-state index contributed by atoms with van der Waals surface area (Å²) < 4.78 is 9.18. The molecule has 7 heteroatoms. The van der Waals surface area contributed by atoms with E-state index in [1.807, 2.05) is 60.7 Å². The van der Waals surface area contributed by atoms with Crippen LogP contribution in [0.5, 0.6) is 11.5 Å². The van der Waals surface area contributed by atoms with Crippen molar-refractivity contribution in [2.24, 2.45) is 0 Å². The summed E-state index contributed by atoms with van der Waals surface area (Å²) >= 11 is 0. The molecule has 164 valence electrons. The Morgan fingerprint density at radius 3 is 2.42 bits per heavy atom. The van der Waals surface area contributed by atoms with E-state index in [4.69, 9.17) is 9.84 Å². The monoisotopic (exact) mass is 437 g/mol. The Morgan fingerprint density at radius 1 is 0.879 bits per heavy atom. The van der Waals surface area contributed by atoms with Gasteiger partial charge >= 0.3 is 0 Å². The molecule has 5 aromatic rings. The molecule has 0 bridgehead atoms. The van der Waals surface area contributed by atoms with Crippen LogP contribution in [0.15, 0.2) is 77.9 Å². The van der Waals surface area contributed by atoms with E-state index in [1.165, 1.54) is 19.3 Å². The lowest BCUT2D eigenvalue weighted by Crippen LogP contribution is -2.18. The first kappa shape index (κ1) is 19.7. The van der Waals surface area contributed by atoms with E-state index in [-0.39, 0.29) is 5.56 Å². The van der Waals surface area contributed by atoms with Gasteiger partial charge in [0.15, 0.2) is 5.82 Å². The van der Waals surface area contributed by atoms with Gasteiger partial charge in [-0.15, -0.1) is 5.10 Å². The molecule has 33 heavy (non-hydrogen) atoms. The third-order valence-electron chi connectivity index (χ3n) is 6.31. The van der Waals surface area contributed by atoms with Crippen molar-refractivity contribution in [2.45, 2.75) is 38.0 Å². The van der Waals surface area contributed by atoms with Crippen LogP contribution in [0, 0.1) is 0 Å². The van der Waals surface area contributed by atoms with Crippen LogP contribution >= 0.6 is 0 Å². The van der Waals surface area contributed by atoms with E-state index in [0.29, 0.717) is 22.8 Å². The fourth-order valence-electron chi connectivity index (χ4n) is 4.57. The number of benzene rings is 2. The zero-order valence-electron chi connectivity index (χ0n) is 18.1. The van der Waals surface area contributed by atoms with Gasteiger partial charge in [0.1, 0.15) is 11.5 Å². The zero-order chi connectivity index (χ0) is 22.2. The number of rotatable bonds is 4. The molecule has 3 heterocycles. The molecule has 1 fully saturated rings. The van der Waals surface area contributed by atoms with Gasteiger partial charge in [-0.3, -0.25) is 9.36 Å². The number of hydrogen-bond acceptors (Lipinski definition) is 5. The molecule has 1 saturated carbocycles. The Hall–Kier alpha value is -4.00. The number of aromatic nitrogens is 5. The molecule has 7 nitrogen and oxygen atoms in total. The Morgan fingerprint density at radius 2 is 1.64 bits per heavy atom. The minimum Gasteiger partial charge on any atom is -0.457 e. The molecule has 3 aromatic heterocycles. The molecule has 0 aliphatic heterocycles. The highest BCUT2D eigenvalue weighted by molar-refractivity contribution is 5.79. The maximum absolute atomic E-state index is 13.3. The molecule has 0 saturated heterocycles. The van der Waals surface area contributed by atoms with Crippen molar-refractivity contribution in [2.75, 3.05) is 0 Å². The van der Waals surface area contributed by atoms with Crippen molar-refractivity contribution >= 4 is 16.7 Å². The Labute approximate surface area is 190 Å². The Bertz CT molecular complexity index is 1480. The number of pyridine rings is 1. The summed E-state index contributed by atoms with van der Waals surface area (Å²) in [6, 6.07) is 19.0. The summed E-state index contributed by atoms with van der Waals surface area (Å²) in [6.07, 6.45) is 9.33. The fourth-order valence-corrected chi connectivity index (χ4v) is 4.57. The summed E-state index contributed by atoms with van der Waals surface area (Å²) in [4.78, 5) is 22.4. The summed E-state index contributed by atoms with van der Waals surface area (Å²) in [5.74, 6) is 3.24. The van der Waals surface area contributed by atoms with Crippen molar-refractivity contribution < 1.29 is 4.74 Å². The topological polar surface area (TPSA) is 74.3 Å². The highest BCUT2D eigenvalue weighted by atomic mass is 16.5. The average molecular weight is 438 g/mol. The van der Waals surface area contributed by atoms with Crippen LogP contribution in [0.25, 0.3) is 22.4 Å². The predicted molar refractivity (Wildman–Crippen MR) is 126 cm³/mol. The minimum atomic E-state index is -0.145. The summed E-state index contributed by atoms with van der Waals surface area (Å²) in [6.45, 7) is 0. The normalized spacial score (nSPS) is 14.7. The van der Waals surface area contributed by atoms with E-state index in [9.17, 15) is 4.79 Å². The van der Waals surface area contributed by atoms with Gasteiger partial charge in [0.2, 0.25) is 0 Å². The summed E-state index contributed by atoms with van der Waals surface area (Å²) in [5.41, 5.74) is 1.33. The molecule has 0 spiro atoms. The maximum atomic E-state index is 13.3. The van der Waals surface area contributed by atoms with Gasteiger partial charge in [-0.1, -0.05) is 37.5 Å². The number of fused-ring (bicyclic) bond motifs is 3. The first-order chi connectivity index (χ1) is 16.3. The molecule has 6 rings (SSSR count). The van der Waals surface area contributed by atoms with E-state index in [2.05, 4.69) is 9.97 Å². The van der Waals surface area contributed by atoms with E-state index in [1.54, 1.807) is 21.5 Å². The Balaban J connectivity index is 1.35. The van der Waals surface area contributed by atoms with Crippen LogP contribution < -0.4 is 10.3 Å². The van der Waals surface area contributed by atoms with Crippen LogP contribution in [0.2, 0.25) is 0 Å². The first-order valence-corrected chi connectivity index (χ1v) is 11.4. The van der Waals surface area contributed by atoms with Gasteiger partial charge < -0.3 is 4.74 Å². The van der Waals surface area contributed by atoms with Crippen LogP contribution in [0.1, 0.15) is 43.8 Å². The van der Waals surface area contributed by atoms with Crippen molar-refractivity contribution in [3.8, 4) is 17.2 Å². The Kier molecular flexibility index (Phi) is 4.87. The highest BCUT2D eigenvalue weighted by Crippen LogP contribution is 2.31. The number of nitrogens with zero attached hydrogens (tertiary/aromatic N) is 5. The molecule has 0 atom stereocenters. The third-order valence-corrected chi connectivity index (χ3v) is 6.31. The maximum Gasteiger partial charge on any atom is 0.266 e. The second-order valence-electron chi connectivity index (χ2n) is 8.47. The fraction of sp³-hybridized carbons (Fsp3) is 0.231. The van der Waals surface area contributed by atoms with Crippen LogP contribution in [-0.4, -0.2) is 24.1 Å². The molecule has 0 N–H and O–H groups in total. The first-order valence-electron chi connectivity index (χ1n) is 11.4. The van der Waals surface area contributed by atoms with Gasteiger partial charge in [-0.05, 0) is 55.3 Å². The molecule has 1 aliphatic carbocycles. The average Bonchev–Trinajstić information content (AvgIpc) is 3.31. The van der Waals surface area contributed by atoms with Crippen LogP contribution in [0.3, 0.4) is 0 Å². The van der Waals surface area contributed by atoms with E-state index < -0.39 is 0 Å². The van der Waals surface area contributed by atoms with Gasteiger partial charge in [0, 0.05) is 24.0 Å².